The molecule has 3 aromatic rings. The van der Waals surface area contributed by atoms with Gasteiger partial charge >= 0.3 is 0 Å². The van der Waals surface area contributed by atoms with Gasteiger partial charge in [0, 0.05) is 30.1 Å². The maximum absolute atomic E-state index is 5.24. The molecule has 108 valence electrons. The molecule has 1 N–H and O–H groups in total. The Morgan fingerprint density at radius 1 is 1.33 bits per heavy atom. The van der Waals surface area contributed by atoms with E-state index in [0.29, 0.717) is 5.89 Å². The second kappa shape index (κ2) is 5.40. The summed E-state index contributed by atoms with van der Waals surface area (Å²) < 4.78 is 7.04. The van der Waals surface area contributed by atoms with Gasteiger partial charge in [-0.1, -0.05) is 6.07 Å². The lowest BCUT2D eigenvalue weighted by Gasteiger charge is -2.16. The Balaban J connectivity index is 1.86. The van der Waals surface area contributed by atoms with Gasteiger partial charge in [0.25, 0.3) is 0 Å². The number of nitrogens with one attached hydrogen (secondary N) is 1. The molecule has 1 aromatic carbocycles. The molecular formula is C15H17N5O. The van der Waals surface area contributed by atoms with Gasteiger partial charge in [0.2, 0.25) is 12.3 Å². The third kappa shape index (κ3) is 2.79. The quantitative estimate of drug-likeness (QED) is 0.797. The van der Waals surface area contributed by atoms with Crippen LogP contribution in [0.5, 0.6) is 0 Å². The summed E-state index contributed by atoms with van der Waals surface area (Å²) >= 11 is 0. The van der Waals surface area contributed by atoms with Gasteiger partial charge in [0.1, 0.15) is 0 Å². The summed E-state index contributed by atoms with van der Waals surface area (Å²) in [6.07, 6.45) is 5.21. The van der Waals surface area contributed by atoms with Crippen molar-refractivity contribution in [2.24, 2.45) is 7.05 Å². The maximum atomic E-state index is 5.24. The SMILES string of the molecule is Cc1ccc(-c2nnco2)cc1NC(C)c1cnn(C)c1. The van der Waals surface area contributed by atoms with E-state index in [0.717, 1.165) is 22.4 Å². The van der Waals surface area contributed by atoms with Crippen molar-refractivity contribution in [3.8, 4) is 11.5 Å². The molecule has 0 bridgehead atoms. The lowest BCUT2D eigenvalue weighted by molar-refractivity contribution is 0.568. The summed E-state index contributed by atoms with van der Waals surface area (Å²) in [5.74, 6) is 0.520. The highest BCUT2D eigenvalue weighted by Crippen LogP contribution is 2.27. The molecule has 0 radical (unpaired) electrons. The zero-order chi connectivity index (χ0) is 14.8. The zero-order valence-electron chi connectivity index (χ0n) is 12.2. The van der Waals surface area contributed by atoms with Gasteiger partial charge in [0.15, 0.2) is 0 Å². The van der Waals surface area contributed by atoms with E-state index in [9.17, 15) is 0 Å². The van der Waals surface area contributed by atoms with Crippen molar-refractivity contribution in [3.05, 3.63) is 48.1 Å². The van der Waals surface area contributed by atoms with Crippen molar-refractivity contribution in [1.82, 2.24) is 20.0 Å². The molecule has 0 spiro atoms. The molecule has 0 amide bonds. The Labute approximate surface area is 122 Å². The fraction of sp³-hybridized carbons (Fsp3) is 0.267. The minimum atomic E-state index is 0.162. The fourth-order valence-electron chi connectivity index (χ4n) is 2.19. The van der Waals surface area contributed by atoms with E-state index in [1.165, 1.54) is 6.39 Å². The standard InChI is InChI=1S/C15H17N5O/c1-10-4-5-12(15-19-16-9-21-15)6-14(10)18-11(2)13-7-17-20(3)8-13/h4-9,11,18H,1-3H3. The third-order valence-corrected chi connectivity index (χ3v) is 3.44. The minimum absolute atomic E-state index is 0.162. The Bertz CT molecular complexity index is 732. The van der Waals surface area contributed by atoms with Crippen LogP contribution in [0.1, 0.15) is 24.1 Å². The number of benzene rings is 1. The molecule has 0 saturated carbocycles. The topological polar surface area (TPSA) is 68.8 Å². The number of aromatic nitrogens is 4. The molecule has 6 heteroatoms. The number of rotatable bonds is 4. The Hall–Kier alpha value is -2.63. The summed E-state index contributed by atoms with van der Waals surface area (Å²) in [5.41, 5.74) is 4.25. The average molecular weight is 283 g/mol. The average Bonchev–Trinajstić information content (AvgIpc) is 3.12. The molecule has 2 aromatic heterocycles. The van der Waals surface area contributed by atoms with Gasteiger partial charge in [-0.05, 0) is 31.5 Å². The van der Waals surface area contributed by atoms with Crippen LogP contribution in [-0.2, 0) is 7.05 Å². The first kappa shape index (κ1) is 13.4. The Morgan fingerprint density at radius 3 is 2.86 bits per heavy atom. The van der Waals surface area contributed by atoms with Crippen molar-refractivity contribution >= 4 is 5.69 Å². The van der Waals surface area contributed by atoms with Gasteiger partial charge in [-0.3, -0.25) is 4.68 Å². The van der Waals surface area contributed by atoms with Gasteiger partial charge < -0.3 is 9.73 Å². The molecule has 0 fully saturated rings. The first-order chi connectivity index (χ1) is 10.1. The van der Waals surface area contributed by atoms with Crippen LogP contribution in [0, 0.1) is 6.92 Å². The van der Waals surface area contributed by atoms with Crippen molar-refractivity contribution in [3.63, 3.8) is 0 Å². The number of anilines is 1. The second-order valence-electron chi connectivity index (χ2n) is 5.09. The summed E-state index contributed by atoms with van der Waals surface area (Å²) in [5, 5.41) is 15.4. The van der Waals surface area contributed by atoms with Crippen LogP contribution in [-0.4, -0.2) is 20.0 Å². The Morgan fingerprint density at radius 2 is 2.19 bits per heavy atom. The number of hydrogen-bond acceptors (Lipinski definition) is 5. The first-order valence-corrected chi connectivity index (χ1v) is 6.76. The number of aryl methyl sites for hydroxylation is 2. The number of hydrogen-bond donors (Lipinski definition) is 1. The second-order valence-corrected chi connectivity index (χ2v) is 5.09. The molecule has 21 heavy (non-hydrogen) atoms. The van der Waals surface area contributed by atoms with Crippen LogP contribution < -0.4 is 5.32 Å². The van der Waals surface area contributed by atoms with E-state index < -0.39 is 0 Å². The third-order valence-electron chi connectivity index (χ3n) is 3.44. The van der Waals surface area contributed by atoms with Crippen molar-refractivity contribution < 1.29 is 4.42 Å². The van der Waals surface area contributed by atoms with Crippen LogP contribution in [0.25, 0.3) is 11.5 Å². The highest BCUT2D eigenvalue weighted by molar-refractivity contribution is 5.64. The van der Waals surface area contributed by atoms with Crippen molar-refractivity contribution in [2.45, 2.75) is 19.9 Å². The van der Waals surface area contributed by atoms with Gasteiger partial charge in [-0.25, -0.2) is 0 Å². The fourth-order valence-corrected chi connectivity index (χ4v) is 2.19. The molecule has 0 aliphatic carbocycles. The first-order valence-electron chi connectivity index (χ1n) is 6.76. The largest absolute Gasteiger partial charge is 0.423 e. The van der Waals surface area contributed by atoms with Gasteiger partial charge in [0.05, 0.1) is 12.2 Å². The Kier molecular flexibility index (Phi) is 3.43. The van der Waals surface area contributed by atoms with Crippen LogP contribution >= 0.6 is 0 Å². The van der Waals surface area contributed by atoms with Crippen LogP contribution in [0.15, 0.2) is 41.4 Å². The summed E-state index contributed by atoms with van der Waals surface area (Å²) in [6, 6.07) is 6.20. The zero-order valence-corrected chi connectivity index (χ0v) is 12.2. The lowest BCUT2D eigenvalue weighted by atomic mass is 10.1. The monoisotopic (exact) mass is 283 g/mol. The molecule has 1 atom stereocenters. The summed E-state index contributed by atoms with van der Waals surface area (Å²) in [7, 11) is 1.91. The molecule has 6 nitrogen and oxygen atoms in total. The molecular weight excluding hydrogens is 266 g/mol. The number of nitrogens with zero attached hydrogens (tertiary/aromatic N) is 4. The predicted molar refractivity (Wildman–Crippen MR) is 79.7 cm³/mol. The molecule has 0 aliphatic heterocycles. The van der Waals surface area contributed by atoms with E-state index >= 15 is 0 Å². The van der Waals surface area contributed by atoms with Crippen LogP contribution in [0.2, 0.25) is 0 Å². The van der Waals surface area contributed by atoms with Crippen LogP contribution in [0.3, 0.4) is 0 Å². The molecule has 3 rings (SSSR count). The van der Waals surface area contributed by atoms with Gasteiger partial charge in [-0.2, -0.15) is 5.10 Å². The molecule has 0 saturated heterocycles. The smallest absolute Gasteiger partial charge is 0.247 e. The van der Waals surface area contributed by atoms with E-state index in [2.05, 4.69) is 34.5 Å². The molecule has 1 unspecified atom stereocenters. The maximum Gasteiger partial charge on any atom is 0.247 e. The predicted octanol–water partition coefficient (Wildman–Crippen LogP) is 2.95. The highest BCUT2D eigenvalue weighted by Gasteiger charge is 2.11. The van der Waals surface area contributed by atoms with E-state index in [4.69, 9.17) is 4.42 Å². The lowest BCUT2D eigenvalue weighted by Crippen LogP contribution is -2.07. The normalized spacial score (nSPS) is 12.3. The highest BCUT2D eigenvalue weighted by atomic mass is 16.4. The van der Waals surface area contributed by atoms with Crippen molar-refractivity contribution in [2.75, 3.05) is 5.32 Å². The van der Waals surface area contributed by atoms with Crippen molar-refractivity contribution in [1.29, 1.82) is 0 Å². The van der Waals surface area contributed by atoms with E-state index in [1.807, 2.05) is 37.6 Å². The summed E-state index contributed by atoms with van der Waals surface area (Å²) in [4.78, 5) is 0. The van der Waals surface area contributed by atoms with E-state index in [-0.39, 0.29) is 6.04 Å². The summed E-state index contributed by atoms with van der Waals surface area (Å²) in [6.45, 7) is 4.17. The molecule has 0 aliphatic rings. The van der Waals surface area contributed by atoms with E-state index in [1.54, 1.807) is 4.68 Å². The minimum Gasteiger partial charge on any atom is -0.423 e. The van der Waals surface area contributed by atoms with Crippen LogP contribution in [0.4, 0.5) is 5.69 Å². The molecule has 2 heterocycles. The van der Waals surface area contributed by atoms with Gasteiger partial charge in [-0.15, -0.1) is 10.2 Å².